The Hall–Kier alpha value is -1.54. The third kappa shape index (κ3) is 2.43. The maximum Gasteiger partial charge on any atom is 0.164 e. The van der Waals surface area contributed by atoms with Crippen LogP contribution in [0.2, 0.25) is 0 Å². The number of ether oxygens (including phenoxy) is 1. The van der Waals surface area contributed by atoms with Crippen molar-refractivity contribution in [3.05, 3.63) is 24.3 Å². The standard InChI is InChI=1S/C17H23N3O4/c1-9-11-6-7-20(16(11)19-8-18-9)17-14(23)13(22)15(24-17)12(21)10-4-2-3-5-10/h6-8,10,12-15,17,21-23H,2-5H2,1H3. The van der Waals surface area contributed by atoms with Crippen LogP contribution in [0.5, 0.6) is 0 Å². The first kappa shape index (κ1) is 16.0. The molecule has 7 heteroatoms. The van der Waals surface area contributed by atoms with Gasteiger partial charge in [-0.25, -0.2) is 9.97 Å². The summed E-state index contributed by atoms with van der Waals surface area (Å²) in [7, 11) is 0. The van der Waals surface area contributed by atoms with Crippen LogP contribution in [-0.4, -0.2) is 54.3 Å². The maximum atomic E-state index is 10.6. The smallest absolute Gasteiger partial charge is 0.164 e. The van der Waals surface area contributed by atoms with Gasteiger partial charge in [0.2, 0.25) is 0 Å². The van der Waals surface area contributed by atoms with E-state index >= 15 is 0 Å². The fourth-order valence-electron chi connectivity index (χ4n) is 4.07. The second-order valence-electron chi connectivity index (χ2n) is 6.93. The first-order valence-corrected chi connectivity index (χ1v) is 8.55. The molecule has 3 N–H and O–H groups in total. The molecule has 0 aromatic carbocycles. The molecule has 0 amide bonds. The molecule has 3 heterocycles. The van der Waals surface area contributed by atoms with Crippen molar-refractivity contribution < 1.29 is 20.1 Å². The highest BCUT2D eigenvalue weighted by Crippen LogP contribution is 2.38. The third-order valence-corrected chi connectivity index (χ3v) is 5.48. The molecule has 2 aromatic heterocycles. The molecule has 1 saturated carbocycles. The zero-order valence-electron chi connectivity index (χ0n) is 13.6. The zero-order valence-corrected chi connectivity index (χ0v) is 13.6. The summed E-state index contributed by atoms with van der Waals surface area (Å²) in [6.07, 6.45) is 2.75. The number of rotatable bonds is 3. The number of aliphatic hydroxyl groups excluding tert-OH is 3. The van der Waals surface area contributed by atoms with Crippen molar-refractivity contribution in [1.82, 2.24) is 14.5 Å². The minimum atomic E-state index is -1.12. The second-order valence-corrected chi connectivity index (χ2v) is 6.93. The Morgan fingerprint density at radius 3 is 2.71 bits per heavy atom. The van der Waals surface area contributed by atoms with Crippen LogP contribution >= 0.6 is 0 Å². The summed E-state index contributed by atoms with van der Waals surface area (Å²) in [6, 6.07) is 1.87. The van der Waals surface area contributed by atoms with Crippen molar-refractivity contribution >= 4 is 11.0 Å². The monoisotopic (exact) mass is 333 g/mol. The van der Waals surface area contributed by atoms with Crippen molar-refractivity contribution in [1.29, 1.82) is 0 Å². The molecule has 7 nitrogen and oxygen atoms in total. The maximum absolute atomic E-state index is 10.6. The molecule has 4 rings (SSSR count). The van der Waals surface area contributed by atoms with Crippen molar-refractivity contribution in [2.24, 2.45) is 5.92 Å². The topological polar surface area (TPSA) is 101 Å². The van der Waals surface area contributed by atoms with Crippen LogP contribution in [0.15, 0.2) is 18.6 Å². The molecule has 2 fully saturated rings. The van der Waals surface area contributed by atoms with Crippen LogP contribution in [0, 0.1) is 12.8 Å². The SMILES string of the molecule is Cc1ncnc2c1ccn2C1OC(C(O)C2CCCC2)C(O)C1O. The number of hydrogen-bond donors (Lipinski definition) is 3. The highest BCUT2D eigenvalue weighted by Gasteiger charge is 2.48. The molecule has 1 aliphatic carbocycles. The van der Waals surface area contributed by atoms with Gasteiger partial charge in [-0.05, 0) is 31.7 Å². The van der Waals surface area contributed by atoms with Crippen LogP contribution in [0.25, 0.3) is 11.0 Å². The van der Waals surface area contributed by atoms with E-state index in [4.69, 9.17) is 4.74 Å². The summed E-state index contributed by atoms with van der Waals surface area (Å²) in [5, 5.41) is 32.3. The quantitative estimate of drug-likeness (QED) is 0.772. The highest BCUT2D eigenvalue weighted by molar-refractivity contribution is 5.78. The fourth-order valence-corrected chi connectivity index (χ4v) is 4.07. The lowest BCUT2D eigenvalue weighted by molar-refractivity contribution is -0.0997. The van der Waals surface area contributed by atoms with Crippen LogP contribution < -0.4 is 0 Å². The Kier molecular flexibility index (Phi) is 4.04. The minimum Gasteiger partial charge on any atom is -0.390 e. The number of hydrogen-bond acceptors (Lipinski definition) is 6. The summed E-state index contributed by atoms with van der Waals surface area (Å²) < 4.78 is 7.61. The van der Waals surface area contributed by atoms with Crippen LogP contribution in [0.1, 0.15) is 37.6 Å². The van der Waals surface area contributed by atoms with E-state index in [1.165, 1.54) is 6.33 Å². The van der Waals surface area contributed by atoms with E-state index in [1.54, 1.807) is 10.8 Å². The molecule has 0 radical (unpaired) electrons. The summed E-state index contributed by atoms with van der Waals surface area (Å²) in [4.78, 5) is 8.43. The molecule has 1 saturated heterocycles. The lowest BCUT2D eigenvalue weighted by Crippen LogP contribution is -2.41. The third-order valence-electron chi connectivity index (χ3n) is 5.48. The first-order chi connectivity index (χ1) is 11.6. The van der Waals surface area contributed by atoms with E-state index in [0.717, 1.165) is 36.8 Å². The molecule has 0 bridgehead atoms. The van der Waals surface area contributed by atoms with Gasteiger partial charge >= 0.3 is 0 Å². The number of nitrogens with zero attached hydrogens (tertiary/aromatic N) is 3. The summed E-state index contributed by atoms with van der Waals surface area (Å²) in [5.74, 6) is 0.126. The van der Waals surface area contributed by atoms with Gasteiger partial charge in [0.15, 0.2) is 6.23 Å². The first-order valence-electron chi connectivity index (χ1n) is 8.55. The molecular formula is C17H23N3O4. The highest BCUT2D eigenvalue weighted by atomic mass is 16.6. The summed E-state index contributed by atoms with van der Waals surface area (Å²) in [5.41, 5.74) is 1.49. The van der Waals surface area contributed by atoms with Gasteiger partial charge in [0.25, 0.3) is 0 Å². The lowest BCUT2D eigenvalue weighted by Gasteiger charge is -2.25. The van der Waals surface area contributed by atoms with Gasteiger partial charge in [-0.15, -0.1) is 0 Å². The van der Waals surface area contributed by atoms with E-state index < -0.39 is 30.6 Å². The fraction of sp³-hybridized carbons (Fsp3) is 0.647. The van der Waals surface area contributed by atoms with Crippen molar-refractivity contribution in [2.45, 2.75) is 63.3 Å². The molecule has 5 unspecified atom stereocenters. The molecule has 1 aliphatic heterocycles. The largest absolute Gasteiger partial charge is 0.390 e. The van der Waals surface area contributed by atoms with Crippen molar-refractivity contribution in [3.63, 3.8) is 0 Å². The minimum absolute atomic E-state index is 0.126. The second kappa shape index (κ2) is 6.07. The van der Waals surface area contributed by atoms with Gasteiger partial charge in [0, 0.05) is 11.6 Å². The number of aliphatic hydroxyl groups is 3. The molecule has 0 spiro atoms. The summed E-state index contributed by atoms with van der Waals surface area (Å²) >= 11 is 0. The van der Waals surface area contributed by atoms with Gasteiger partial charge in [0.05, 0.1) is 11.8 Å². The summed E-state index contributed by atoms with van der Waals surface area (Å²) in [6.45, 7) is 1.89. The Morgan fingerprint density at radius 1 is 1.21 bits per heavy atom. The van der Waals surface area contributed by atoms with Gasteiger partial charge in [-0.2, -0.15) is 0 Å². The van der Waals surface area contributed by atoms with Crippen LogP contribution in [-0.2, 0) is 4.74 Å². The van der Waals surface area contributed by atoms with E-state index in [9.17, 15) is 15.3 Å². The van der Waals surface area contributed by atoms with Gasteiger partial charge < -0.3 is 24.6 Å². The molecule has 24 heavy (non-hydrogen) atoms. The molecule has 2 aromatic rings. The molecule has 5 atom stereocenters. The predicted molar refractivity (Wildman–Crippen MR) is 86.2 cm³/mol. The van der Waals surface area contributed by atoms with Gasteiger partial charge in [-0.1, -0.05) is 12.8 Å². The van der Waals surface area contributed by atoms with E-state index in [2.05, 4.69) is 9.97 Å². The predicted octanol–water partition coefficient (Wildman–Crippen LogP) is 0.910. The number of aryl methyl sites for hydroxylation is 1. The van der Waals surface area contributed by atoms with Crippen molar-refractivity contribution in [3.8, 4) is 0 Å². The Labute approximate surface area is 139 Å². The molecule has 2 aliphatic rings. The normalized spacial score (nSPS) is 32.7. The average Bonchev–Trinajstić information content (AvgIpc) is 3.29. The Balaban J connectivity index is 1.62. The van der Waals surface area contributed by atoms with Crippen LogP contribution in [0.4, 0.5) is 0 Å². The number of fused-ring (bicyclic) bond motifs is 1. The van der Waals surface area contributed by atoms with Crippen molar-refractivity contribution in [2.75, 3.05) is 0 Å². The number of aromatic nitrogens is 3. The van der Waals surface area contributed by atoms with E-state index in [0.29, 0.717) is 5.65 Å². The Bertz CT molecular complexity index is 728. The van der Waals surface area contributed by atoms with E-state index in [-0.39, 0.29) is 5.92 Å². The van der Waals surface area contributed by atoms with Crippen LogP contribution in [0.3, 0.4) is 0 Å². The van der Waals surface area contributed by atoms with Gasteiger partial charge in [-0.3, -0.25) is 0 Å². The Morgan fingerprint density at radius 2 is 1.96 bits per heavy atom. The van der Waals surface area contributed by atoms with E-state index in [1.807, 2.05) is 13.0 Å². The molecular weight excluding hydrogens is 310 g/mol. The lowest BCUT2D eigenvalue weighted by atomic mass is 9.93. The average molecular weight is 333 g/mol. The zero-order chi connectivity index (χ0) is 16.8. The van der Waals surface area contributed by atoms with Gasteiger partial charge in [0.1, 0.15) is 30.3 Å². The molecule has 130 valence electrons.